The van der Waals surface area contributed by atoms with Gasteiger partial charge >= 0.3 is 0 Å². The van der Waals surface area contributed by atoms with Crippen molar-refractivity contribution in [1.82, 2.24) is 0 Å². The summed E-state index contributed by atoms with van der Waals surface area (Å²) in [5.74, 6) is 0.955. The van der Waals surface area contributed by atoms with Crippen molar-refractivity contribution in [3.8, 4) is 5.75 Å². The molecule has 2 saturated carbocycles. The van der Waals surface area contributed by atoms with E-state index < -0.39 is 31.0 Å². The SMILES string of the molecule is COc1ccc(CO[C@@H]2[C@H]3CC[C@](/C=C\Sc4ccccc4)(C3(C)C)[C@@]2(O)/C=C\[C@]2(OCc3ccccc3)CO[C@@H]2CCO[Si](C)(C)C(C)(C)C)cc1. The number of benzene rings is 3. The molecule has 0 amide bonds. The Bertz CT molecular complexity index is 1700. The van der Waals surface area contributed by atoms with E-state index in [4.69, 9.17) is 23.4 Å². The van der Waals surface area contributed by atoms with Crippen LogP contribution in [0.5, 0.6) is 5.75 Å². The molecule has 3 aromatic carbocycles. The molecule has 6 rings (SSSR count). The summed E-state index contributed by atoms with van der Waals surface area (Å²) in [5, 5.41) is 15.7. The molecule has 0 aromatic heterocycles. The van der Waals surface area contributed by atoms with Crippen molar-refractivity contribution in [1.29, 1.82) is 0 Å². The second-order valence-electron chi connectivity index (χ2n) is 17.2. The Morgan fingerprint density at radius 3 is 2.17 bits per heavy atom. The Kier molecular flexibility index (Phi) is 11.9. The Morgan fingerprint density at radius 2 is 1.55 bits per heavy atom. The minimum atomic E-state index is -1.94. The first-order valence-electron chi connectivity index (χ1n) is 19.2. The van der Waals surface area contributed by atoms with Crippen LogP contribution in [0.25, 0.3) is 0 Å². The fourth-order valence-electron chi connectivity index (χ4n) is 8.49. The maximum Gasteiger partial charge on any atom is 0.191 e. The lowest BCUT2D eigenvalue weighted by atomic mass is 9.62. The van der Waals surface area contributed by atoms with Gasteiger partial charge in [-0.2, -0.15) is 0 Å². The Balaban J connectivity index is 1.34. The normalized spacial score (nSPS) is 29.6. The Labute approximate surface area is 323 Å². The average molecular weight is 757 g/mol. The minimum absolute atomic E-state index is 0.119. The van der Waals surface area contributed by atoms with E-state index >= 15 is 0 Å². The van der Waals surface area contributed by atoms with Crippen molar-refractivity contribution in [2.45, 2.75) is 114 Å². The fourth-order valence-corrected chi connectivity index (χ4v) is 10.3. The van der Waals surface area contributed by atoms with Gasteiger partial charge in [-0.25, -0.2) is 0 Å². The molecule has 2 bridgehead atoms. The van der Waals surface area contributed by atoms with E-state index in [2.05, 4.69) is 102 Å². The van der Waals surface area contributed by atoms with Crippen LogP contribution in [0.4, 0.5) is 0 Å². The van der Waals surface area contributed by atoms with Crippen molar-refractivity contribution in [3.63, 3.8) is 0 Å². The molecule has 0 unspecified atom stereocenters. The van der Waals surface area contributed by atoms with Gasteiger partial charge in [0.1, 0.15) is 17.0 Å². The molecule has 1 aliphatic heterocycles. The van der Waals surface area contributed by atoms with Gasteiger partial charge in [-0.1, -0.05) is 119 Å². The second kappa shape index (κ2) is 15.8. The van der Waals surface area contributed by atoms with Gasteiger partial charge in [0.05, 0.1) is 39.1 Å². The zero-order valence-electron chi connectivity index (χ0n) is 33.0. The fraction of sp³-hybridized carbons (Fsp3) is 0.511. The molecule has 1 saturated heterocycles. The van der Waals surface area contributed by atoms with Crippen LogP contribution in [0.15, 0.2) is 113 Å². The quantitative estimate of drug-likeness (QED) is 0.0887. The van der Waals surface area contributed by atoms with E-state index in [1.807, 2.05) is 54.6 Å². The van der Waals surface area contributed by atoms with E-state index in [1.165, 1.54) is 4.90 Å². The van der Waals surface area contributed by atoms with Crippen LogP contribution in [0.3, 0.4) is 0 Å². The summed E-state index contributed by atoms with van der Waals surface area (Å²) in [4.78, 5) is 1.17. The summed E-state index contributed by atoms with van der Waals surface area (Å²) < 4.78 is 32.0. The molecule has 0 radical (unpaired) electrons. The lowest BCUT2D eigenvalue weighted by molar-refractivity contribution is -0.244. The summed E-state index contributed by atoms with van der Waals surface area (Å²) in [6.45, 7) is 17.8. The first kappa shape index (κ1) is 40.0. The third-order valence-electron chi connectivity index (χ3n) is 13.0. The number of aliphatic hydroxyl groups is 1. The highest BCUT2D eigenvalue weighted by atomic mass is 32.2. The summed E-state index contributed by atoms with van der Waals surface area (Å²) in [6.07, 6.45) is 8.35. The van der Waals surface area contributed by atoms with Crippen molar-refractivity contribution in [2.24, 2.45) is 16.7 Å². The molecule has 3 aromatic rings. The predicted octanol–water partition coefficient (Wildman–Crippen LogP) is 10.4. The van der Waals surface area contributed by atoms with Crippen molar-refractivity contribution in [2.75, 3.05) is 20.3 Å². The number of methoxy groups -OCH3 is 1. The molecule has 53 heavy (non-hydrogen) atoms. The standard InChI is InChI=1S/C45H60O6SSi/c1-41(2,3)53(7,8)51-29-24-39-43(33-49-39,50-32-34-15-11-9-12-16-34)26-27-45(46)40(48-31-35-19-21-36(47-6)22-20-35)38-23-25-44(45,42(38,4)5)28-30-52-37-17-13-10-14-18-37/h9-22,26-28,30,38-40,46H,23-25,29,31-33H2,1-8H3/b27-26-,30-28-/t38-,39-,40-,43+,44+,45-/m1/s1. The maximum atomic E-state index is 13.4. The van der Waals surface area contributed by atoms with Crippen LogP contribution in [0, 0.1) is 16.7 Å². The first-order valence-corrected chi connectivity index (χ1v) is 23.0. The molecule has 286 valence electrons. The number of rotatable bonds is 16. The molecule has 3 fully saturated rings. The van der Waals surface area contributed by atoms with Gasteiger partial charge in [-0.3, -0.25) is 0 Å². The van der Waals surface area contributed by atoms with Gasteiger partial charge < -0.3 is 28.5 Å². The van der Waals surface area contributed by atoms with Gasteiger partial charge in [0, 0.05) is 16.9 Å². The second-order valence-corrected chi connectivity index (χ2v) is 23.0. The molecular formula is C45H60O6SSi. The highest BCUT2D eigenvalue weighted by Gasteiger charge is 2.74. The molecule has 8 heteroatoms. The Hall–Kier alpha value is -2.69. The van der Waals surface area contributed by atoms with Crippen molar-refractivity contribution < 1.29 is 28.5 Å². The van der Waals surface area contributed by atoms with Crippen LogP contribution in [0.1, 0.15) is 65.0 Å². The minimum Gasteiger partial charge on any atom is -0.497 e. The smallest absolute Gasteiger partial charge is 0.191 e. The number of hydrogen-bond donors (Lipinski definition) is 1. The zero-order valence-corrected chi connectivity index (χ0v) is 34.8. The number of thioether (sulfide) groups is 1. The number of ether oxygens (including phenoxy) is 4. The van der Waals surface area contributed by atoms with Gasteiger partial charge in [-0.15, -0.1) is 0 Å². The van der Waals surface area contributed by atoms with E-state index in [9.17, 15) is 5.11 Å². The van der Waals surface area contributed by atoms with Crippen LogP contribution >= 0.6 is 11.8 Å². The first-order chi connectivity index (χ1) is 25.2. The summed E-state index contributed by atoms with van der Waals surface area (Å²) in [5.41, 5.74) is -0.701. The van der Waals surface area contributed by atoms with E-state index in [0.717, 1.165) is 29.7 Å². The molecule has 6 atom stereocenters. The lowest BCUT2D eigenvalue weighted by Gasteiger charge is -2.50. The van der Waals surface area contributed by atoms with Crippen LogP contribution < -0.4 is 4.74 Å². The van der Waals surface area contributed by atoms with Crippen LogP contribution in [-0.4, -0.2) is 57.2 Å². The van der Waals surface area contributed by atoms with Gasteiger partial charge in [0.15, 0.2) is 8.32 Å². The monoisotopic (exact) mass is 756 g/mol. The highest BCUT2D eigenvalue weighted by Crippen LogP contribution is 2.72. The van der Waals surface area contributed by atoms with E-state index in [0.29, 0.717) is 32.8 Å². The average Bonchev–Trinajstić information content (AvgIpc) is 3.46. The van der Waals surface area contributed by atoms with Crippen molar-refractivity contribution in [3.05, 3.63) is 120 Å². The van der Waals surface area contributed by atoms with E-state index in [-0.39, 0.29) is 22.5 Å². The van der Waals surface area contributed by atoms with Crippen molar-refractivity contribution >= 4 is 20.1 Å². The molecule has 0 spiro atoms. The third kappa shape index (κ3) is 7.88. The molecule has 1 heterocycles. The highest BCUT2D eigenvalue weighted by molar-refractivity contribution is 8.02. The summed E-state index contributed by atoms with van der Waals surface area (Å²) >= 11 is 1.69. The molecule has 2 aliphatic carbocycles. The molecule has 3 aliphatic rings. The lowest BCUT2D eigenvalue weighted by Crippen LogP contribution is -2.60. The van der Waals surface area contributed by atoms with E-state index in [1.54, 1.807) is 18.9 Å². The number of fused-ring (bicyclic) bond motifs is 2. The van der Waals surface area contributed by atoms with Gasteiger partial charge in [-0.05, 0) is 95.6 Å². The zero-order chi connectivity index (χ0) is 38.0. The largest absolute Gasteiger partial charge is 0.497 e. The van der Waals surface area contributed by atoms with Crippen LogP contribution in [0.2, 0.25) is 18.1 Å². The Morgan fingerprint density at radius 1 is 0.887 bits per heavy atom. The summed E-state index contributed by atoms with van der Waals surface area (Å²) in [6, 6.07) is 28.7. The topological polar surface area (TPSA) is 66.4 Å². The van der Waals surface area contributed by atoms with Gasteiger partial charge in [0.25, 0.3) is 0 Å². The van der Waals surface area contributed by atoms with Crippen LogP contribution in [-0.2, 0) is 31.9 Å². The molecular weight excluding hydrogens is 697 g/mol. The number of hydrogen-bond acceptors (Lipinski definition) is 7. The summed E-state index contributed by atoms with van der Waals surface area (Å²) in [7, 11) is -0.267. The predicted molar refractivity (Wildman–Crippen MR) is 218 cm³/mol. The molecule has 1 N–H and O–H groups in total. The molecule has 6 nitrogen and oxygen atoms in total. The third-order valence-corrected chi connectivity index (χ3v) is 18.4. The van der Waals surface area contributed by atoms with Gasteiger partial charge in [0.2, 0.25) is 0 Å². The maximum absolute atomic E-state index is 13.4.